The molecule has 2 aromatic carbocycles. The largest absolute Gasteiger partial charge is 0.495 e. The van der Waals surface area contributed by atoms with Crippen LogP contribution < -0.4 is 20.5 Å². The van der Waals surface area contributed by atoms with Crippen molar-refractivity contribution in [3.8, 4) is 22.9 Å². The van der Waals surface area contributed by atoms with Crippen LogP contribution in [0.3, 0.4) is 0 Å². The Morgan fingerprint density at radius 2 is 1.91 bits per heavy atom. The Morgan fingerprint density at radius 1 is 1.09 bits per heavy atom. The predicted molar refractivity (Wildman–Crippen MR) is 125 cm³/mol. The minimum atomic E-state index is -0.0637. The van der Waals surface area contributed by atoms with Crippen molar-refractivity contribution in [3.63, 3.8) is 0 Å². The third kappa shape index (κ3) is 3.63. The number of ether oxygens (including phenoxy) is 2. The minimum absolute atomic E-state index is 0.0637. The van der Waals surface area contributed by atoms with Gasteiger partial charge in [-0.25, -0.2) is 4.79 Å². The van der Waals surface area contributed by atoms with Gasteiger partial charge in [0, 0.05) is 12.7 Å². The number of piperidine rings is 1. The molecule has 0 bridgehead atoms. The summed E-state index contributed by atoms with van der Waals surface area (Å²) in [6.45, 7) is 1.78. The second kappa shape index (κ2) is 8.68. The van der Waals surface area contributed by atoms with Crippen molar-refractivity contribution in [2.75, 3.05) is 20.2 Å². The Kier molecular flexibility index (Phi) is 5.59. The van der Waals surface area contributed by atoms with E-state index in [9.17, 15) is 4.79 Å². The van der Waals surface area contributed by atoms with Gasteiger partial charge in [0.2, 0.25) is 0 Å². The van der Waals surface area contributed by atoms with E-state index < -0.39 is 0 Å². The van der Waals surface area contributed by atoms with E-state index in [2.05, 4.69) is 10.3 Å². The zero-order valence-electron chi connectivity index (χ0n) is 17.6. The fourth-order valence-electron chi connectivity index (χ4n) is 4.24. The first-order valence-corrected chi connectivity index (χ1v) is 10.9. The number of fused-ring (bicyclic) bond motifs is 1. The van der Waals surface area contributed by atoms with E-state index in [-0.39, 0.29) is 11.7 Å². The number of rotatable bonds is 5. The van der Waals surface area contributed by atoms with Gasteiger partial charge in [-0.05, 0) is 61.9 Å². The summed E-state index contributed by atoms with van der Waals surface area (Å²) in [6, 6.07) is 14.8. The molecule has 7 nitrogen and oxygen atoms in total. The third-order valence-electron chi connectivity index (χ3n) is 5.78. The zero-order valence-corrected chi connectivity index (χ0v) is 18.4. The first-order chi connectivity index (χ1) is 15.7. The van der Waals surface area contributed by atoms with Gasteiger partial charge >= 0.3 is 5.69 Å². The van der Waals surface area contributed by atoms with Crippen molar-refractivity contribution in [2.45, 2.75) is 18.9 Å². The lowest BCUT2D eigenvalue weighted by atomic mass is 10.1. The maximum absolute atomic E-state index is 13.5. The van der Waals surface area contributed by atoms with Gasteiger partial charge < -0.3 is 14.8 Å². The maximum atomic E-state index is 13.5. The van der Waals surface area contributed by atoms with Crippen LogP contribution in [0.4, 0.5) is 0 Å². The van der Waals surface area contributed by atoms with E-state index >= 15 is 0 Å². The quantitative estimate of drug-likeness (QED) is 0.482. The van der Waals surface area contributed by atoms with Crippen LogP contribution in [-0.4, -0.2) is 34.3 Å². The summed E-state index contributed by atoms with van der Waals surface area (Å²) in [5.74, 6) is 1.65. The van der Waals surface area contributed by atoms with Gasteiger partial charge in [0.15, 0.2) is 0 Å². The highest BCUT2D eigenvalue weighted by atomic mass is 35.5. The van der Waals surface area contributed by atoms with Gasteiger partial charge in [0.05, 0.1) is 36.1 Å². The van der Waals surface area contributed by atoms with Crippen LogP contribution in [0.1, 0.15) is 18.9 Å². The summed E-state index contributed by atoms with van der Waals surface area (Å²) in [6.07, 6.45) is 5.49. The van der Waals surface area contributed by atoms with E-state index in [4.69, 9.17) is 21.1 Å². The number of methoxy groups -OCH3 is 1. The molecule has 1 N–H and O–H groups in total. The standard InChI is InChI=1S/C24H23ClN4O3/c1-31-21-5-2-6-22(23(21)25)32-18-9-7-16(8-10-18)28-20-15-27-13-11-19(20)29(24(28)30)17-4-3-12-26-14-17/h2,5-11,13,15,17,26H,3-4,12,14H2,1H3/t17-/m0/s1. The fourth-order valence-corrected chi connectivity index (χ4v) is 4.48. The molecule has 8 heteroatoms. The summed E-state index contributed by atoms with van der Waals surface area (Å²) in [5, 5.41) is 3.80. The van der Waals surface area contributed by atoms with Gasteiger partial charge in [-0.1, -0.05) is 17.7 Å². The van der Waals surface area contributed by atoms with E-state index in [1.807, 2.05) is 41.0 Å². The van der Waals surface area contributed by atoms with Crippen LogP contribution in [0.2, 0.25) is 5.02 Å². The van der Waals surface area contributed by atoms with Gasteiger partial charge in [-0.2, -0.15) is 0 Å². The number of halogens is 1. The smallest absolute Gasteiger partial charge is 0.334 e. The number of hydrogen-bond donors (Lipinski definition) is 1. The molecule has 0 saturated carbocycles. The first-order valence-electron chi connectivity index (χ1n) is 10.6. The second-order valence-corrected chi connectivity index (χ2v) is 8.10. The molecule has 3 heterocycles. The monoisotopic (exact) mass is 450 g/mol. The van der Waals surface area contributed by atoms with Gasteiger partial charge in [-0.3, -0.25) is 14.1 Å². The van der Waals surface area contributed by atoms with Gasteiger partial charge in [0.25, 0.3) is 0 Å². The molecular formula is C24H23ClN4O3. The van der Waals surface area contributed by atoms with Crippen molar-refractivity contribution in [2.24, 2.45) is 0 Å². The highest BCUT2D eigenvalue weighted by Gasteiger charge is 2.23. The molecule has 0 spiro atoms. The third-order valence-corrected chi connectivity index (χ3v) is 6.15. The Morgan fingerprint density at radius 3 is 2.66 bits per heavy atom. The van der Waals surface area contributed by atoms with E-state index in [1.165, 1.54) is 0 Å². The zero-order chi connectivity index (χ0) is 22.1. The summed E-state index contributed by atoms with van der Waals surface area (Å²) >= 11 is 6.34. The molecule has 164 valence electrons. The van der Waals surface area contributed by atoms with Crippen LogP contribution in [0, 0.1) is 0 Å². The van der Waals surface area contributed by atoms with Crippen LogP contribution in [0.5, 0.6) is 17.2 Å². The number of nitrogens with one attached hydrogen (secondary N) is 1. The number of benzene rings is 2. The first kappa shape index (κ1) is 20.6. The number of hydrogen-bond acceptors (Lipinski definition) is 5. The minimum Gasteiger partial charge on any atom is -0.495 e. The number of imidazole rings is 1. The van der Waals surface area contributed by atoms with Crippen LogP contribution in [0.25, 0.3) is 16.7 Å². The van der Waals surface area contributed by atoms with Gasteiger partial charge in [-0.15, -0.1) is 0 Å². The molecule has 1 aliphatic rings. The summed E-state index contributed by atoms with van der Waals surface area (Å²) in [7, 11) is 1.56. The molecule has 0 radical (unpaired) electrons. The number of pyridine rings is 1. The molecule has 2 aromatic heterocycles. The number of aromatic nitrogens is 3. The van der Waals surface area contributed by atoms with Crippen LogP contribution >= 0.6 is 11.6 Å². The van der Waals surface area contributed by atoms with Crippen molar-refractivity contribution in [1.29, 1.82) is 0 Å². The average Bonchev–Trinajstić information content (AvgIpc) is 3.13. The highest BCUT2D eigenvalue weighted by Crippen LogP contribution is 2.36. The van der Waals surface area contributed by atoms with E-state index in [0.717, 1.165) is 42.7 Å². The second-order valence-electron chi connectivity index (χ2n) is 7.72. The molecule has 32 heavy (non-hydrogen) atoms. The predicted octanol–water partition coefficient (Wildman–Crippen LogP) is 4.57. The molecule has 5 rings (SSSR count). The fraction of sp³-hybridized carbons (Fsp3) is 0.250. The topological polar surface area (TPSA) is 70.3 Å². The van der Waals surface area contributed by atoms with Crippen LogP contribution in [0.15, 0.2) is 65.7 Å². The Hall–Kier alpha value is -3.29. The molecule has 4 aromatic rings. The Balaban J connectivity index is 1.51. The van der Waals surface area contributed by atoms with Crippen LogP contribution in [-0.2, 0) is 0 Å². The summed E-state index contributed by atoms with van der Waals surface area (Å²) in [4.78, 5) is 17.7. The Labute approximate surface area is 190 Å². The van der Waals surface area contributed by atoms with Gasteiger partial charge in [0.1, 0.15) is 22.3 Å². The lowest BCUT2D eigenvalue weighted by Crippen LogP contribution is -2.36. The average molecular weight is 451 g/mol. The molecule has 1 fully saturated rings. The lowest BCUT2D eigenvalue weighted by molar-refractivity contribution is 0.370. The van der Waals surface area contributed by atoms with E-state index in [1.54, 1.807) is 36.2 Å². The normalized spacial score (nSPS) is 16.2. The Bertz CT molecular complexity index is 1310. The lowest BCUT2D eigenvalue weighted by Gasteiger charge is -2.23. The van der Waals surface area contributed by atoms with E-state index in [0.29, 0.717) is 22.3 Å². The molecule has 1 atom stereocenters. The molecule has 1 aliphatic heterocycles. The SMILES string of the molecule is COc1cccc(Oc2ccc(-n3c(=O)n([C@H]4CCCNC4)c4ccncc43)cc2)c1Cl. The molecule has 0 unspecified atom stereocenters. The maximum Gasteiger partial charge on any atom is 0.334 e. The van der Waals surface area contributed by atoms with Crippen molar-refractivity contribution >= 4 is 22.6 Å². The highest BCUT2D eigenvalue weighted by molar-refractivity contribution is 6.33. The molecule has 0 amide bonds. The van der Waals surface area contributed by atoms with Crippen molar-refractivity contribution < 1.29 is 9.47 Å². The summed E-state index contributed by atoms with van der Waals surface area (Å²) < 4.78 is 14.8. The number of nitrogens with zero attached hydrogens (tertiary/aromatic N) is 3. The molecule has 1 saturated heterocycles. The summed E-state index contributed by atoms with van der Waals surface area (Å²) in [5.41, 5.74) is 2.36. The molecule has 0 aliphatic carbocycles. The van der Waals surface area contributed by atoms with Crippen molar-refractivity contribution in [3.05, 3.63) is 76.4 Å². The van der Waals surface area contributed by atoms with Crippen molar-refractivity contribution in [1.82, 2.24) is 19.4 Å². The molecular weight excluding hydrogens is 428 g/mol.